The molecular weight excluding hydrogens is 388 g/mol. The van der Waals surface area contributed by atoms with Gasteiger partial charge in [-0.3, -0.25) is 9.89 Å². The van der Waals surface area contributed by atoms with Crippen LogP contribution in [0.4, 0.5) is 5.69 Å². The van der Waals surface area contributed by atoms with Gasteiger partial charge >= 0.3 is 0 Å². The smallest absolute Gasteiger partial charge is 0.238 e. The zero-order chi connectivity index (χ0) is 19.4. The Kier molecular flexibility index (Phi) is 5.59. The van der Waals surface area contributed by atoms with E-state index in [0.717, 1.165) is 17.0 Å². The molecule has 1 amide bonds. The molecule has 9 heteroatoms. The van der Waals surface area contributed by atoms with Crippen molar-refractivity contribution in [3.63, 3.8) is 0 Å². The van der Waals surface area contributed by atoms with Crippen molar-refractivity contribution in [1.82, 2.24) is 10.2 Å². The van der Waals surface area contributed by atoms with E-state index in [0.29, 0.717) is 17.1 Å². The first-order valence-electron chi connectivity index (χ1n) is 8.04. The SMILES string of the molecule is NS(=O)(=O)c1ccc(NC(=O)CCc2cc(-c3ccc(Cl)cc3)n[nH]2)cc1. The zero-order valence-electron chi connectivity index (χ0n) is 14.1. The molecule has 0 bridgehead atoms. The van der Waals surface area contributed by atoms with E-state index >= 15 is 0 Å². The number of aromatic nitrogens is 2. The number of nitrogens with zero attached hydrogens (tertiary/aromatic N) is 1. The third-order valence-electron chi connectivity index (χ3n) is 3.86. The molecule has 0 aliphatic carbocycles. The Labute approximate surface area is 161 Å². The molecule has 140 valence electrons. The van der Waals surface area contributed by atoms with Gasteiger partial charge in [-0.05, 0) is 48.9 Å². The monoisotopic (exact) mass is 404 g/mol. The molecular formula is C18H17ClN4O3S. The highest BCUT2D eigenvalue weighted by Gasteiger charge is 2.09. The van der Waals surface area contributed by atoms with Gasteiger partial charge in [0.2, 0.25) is 15.9 Å². The third-order valence-corrected chi connectivity index (χ3v) is 5.04. The fourth-order valence-electron chi connectivity index (χ4n) is 2.46. The van der Waals surface area contributed by atoms with Crippen molar-refractivity contribution in [3.05, 3.63) is 65.3 Å². The number of halogens is 1. The molecule has 1 aromatic heterocycles. The lowest BCUT2D eigenvalue weighted by atomic mass is 10.1. The van der Waals surface area contributed by atoms with Crippen molar-refractivity contribution in [2.45, 2.75) is 17.7 Å². The number of hydrogen-bond acceptors (Lipinski definition) is 4. The highest BCUT2D eigenvalue weighted by atomic mass is 35.5. The van der Waals surface area contributed by atoms with Crippen molar-refractivity contribution in [1.29, 1.82) is 0 Å². The van der Waals surface area contributed by atoms with Crippen molar-refractivity contribution in [2.75, 3.05) is 5.32 Å². The zero-order valence-corrected chi connectivity index (χ0v) is 15.7. The number of carbonyl (C=O) groups is 1. The quantitative estimate of drug-likeness (QED) is 0.585. The first-order valence-corrected chi connectivity index (χ1v) is 9.96. The molecule has 2 aromatic carbocycles. The number of aromatic amines is 1. The normalized spacial score (nSPS) is 11.3. The van der Waals surface area contributed by atoms with Gasteiger partial charge in [0.1, 0.15) is 0 Å². The molecule has 0 fully saturated rings. The highest BCUT2D eigenvalue weighted by Crippen LogP contribution is 2.20. The number of sulfonamides is 1. The van der Waals surface area contributed by atoms with E-state index in [2.05, 4.69) is 15.5 Å². The Morgan fingerprint density at radius 2 is 1.78 bits per heavy atom. The van der Waals surface area contributed by atoms with Gasteiger partial charge in [0.25, 0.3) is 0 Å². The van der Waals surface area contributed by atoms with E-state index < -0.39 is 10.0 Å². The Bertz CT molecular complexity index is 1040. The van der Waals surface area contributed by atoms with Gasteiger partial charge in [0.05, 0.1) is 10.6 Å². The van der Waals surface area contributed by atoms with E-state index in [9.17, 15) is 13.2 Å². The summed E-state index contributed by atoms with van der Waals surface area (Å²) in [4.78, 5) is 12.1. The summed E-state index contributed by atoms with van der Waals surface area (Å²) < 4.78 is 22.4. The Hall–Kier alpha value is -2.68. The third kappa shape index (κ3) is 5.16. The number of rotatable bonds is 6. The molecule has 0 saturated carbocycles. The summed E-state index contributed by atoms with van der Waals surface area (Å²) in [7, 11) is -3.75. The van der Waals surface area contributed by atoms with Gasteiger partial charge < -0.3 is 5.32 Å². The number of aryl methyl sites for hydroxylation is 1. The van der Waals surface area contributed by atoms with E-state index in [1.807, 2.05) is 18.2 Å². The van der Waals surface area contributed by atoms with E-state index in [-0.39, 0.29) is 17.2 Å². The van der Waals surface area contributed by atoms with Crippen molar-refractivity contribution < 1.29 is 13.2 Å². The number of anilines is 1. The van der Waals surface area contributed by atoms with Crippen LogP contribution in [-0.2, 0) is 21.2 Å². The predicted octanol–water partition coefficient (Wildman–Crippen LogP) is 2.95. The fraction of sp³-hybridized carbons (Fsp3) is 0.111. The Morgan fingerprint density at radius 1 is 1.11 bits per heavy atom. The summed E-state index contributed by atoms with van der Waals surface area (Å²) in [5.74, 6) is -0.194. The number of benzene rings is 2. The van der Waals surface area contributed by atoms with Crippen LogP contribution in [0.15, 0.2) is 59.5 Å². The van der Waals surface area contributed by atoms with Crippen LogP contribution in [0, 0.1) is 0 Å². The second-order valence-electron chi connectivity index (χ2n) is 5.90. The molecule has 0 aliphatic heterocycles. The predicted molar refractivity (Wildman–Crippen MR) is 104 cm³/mol. The average molecular weight is 405 g/mol. The van der Waals surface area contributed by atoms with Gasteiger partial charge in [-0.25, -0.2) is 13.6 Å². The van der Waals surface area contributed by atoms with Crippen molar-refractivity contribution in [2.24, 2.45) is 5.14 Å². The Morgan fingerprint density at radius 3 is 2.41 bits per heavy atom. The molecule has 1 heterocycles. The summed E-state index contributed by atoms with van der Waals surface area (Å²) >= 11 is 5.88. The molecule has 4 N–H and O–H groups in total. The minimum absolute atomic E-state index is 0.00677. The molecule has 7 nitrogen and oxygen atoms in total. The number of hydrogen-bond donors (Lipinski definition) is 3. The van der Waals surface area contributed by atoms with Gasteiger partial charge in [-0.2, -0.15) is 5.10 Å². The number of primary sulfonamides is 1. The molecule has 0 unspecified atom stereocenters. The summed E-state index contributed by atoms with van der Waals surface area (Å²) in [6, 6.07) is 14.9. The maximum absolute atomic E-state index is 12.1. The van der Waals surface area contributed by atoms with Crippen LogP contribution in [0.3, 0.4) is 0 Å². The van der Waals surface area contributed by atoms with Gasteiger partial charge in [0, 0.05) is 28.4 Å². The van der Waals surface area contributed by atoms with Crippen molar-refractivity contribution >= 4 is 33.2 Å². The lowest BCUT2D eigenvalue weighted by Gasteiger charge is -2.05. The van der Waals surface area contributed by atoms with E-state index in [1.165, 1.54) is 24.3 Å². The van der Waals surface area contributed by atoms with Gasteiger partial charge in [-0.15, -0.1) is 0 Å². The lowest BCUT2D eigenvalue weighted by Crippen LogP contribution is -2.14. The number of nitrogens with two attached hydrogens (primary N) is 1. The molecule has 0 radical (unpaired) electrons. The summed E-state index contributed by atoms with van der Waals surface area (Å²) in [6.45, 7) is 0. The van der Waals surface area contributed by atoms with Gasteiger partial charge in [-0.1, -0.05) is 23.7 Å². The number of carbonyl (C=O) groups excluding carboxylic acids is 1. The first kappa shape index (κ1) is 19.1. The first-order chi connectivity index (χ1) is 12.8. The number of amides is 1. The van der Waals surface area contributed by atoms with Gasteiger partial charge in [0.15, 0.2) is 0 Å². The van der Waals surface area contributed by atoms with E-state index in [1.54, 1.807) is 12.1 Å². The standard InChI is InChI=1S/C18H17ClN4O3S/c19-13-3-1-12(2-4-13)17-11-15(22-23-17)7-10-18(24)21-14-5-8-16(9-6-14)27(20,25)26/h1-6,8-9,11H,7,10H2,(H,21,24)(H,22,23)(H2,20,25,26). The van der Waals surface area contributed by atoms with E-state index in [4.69, 9.17) is 16.7 Å². The molecule has 0 aliphatic rings. The van der Waals surface area contributed by atoms with Crippen LogP contribution < -0.4 is 10.5 Å². The van der Waals surface area contributed by atoms with Crippen LogP contribution >= 0.6 is 11.6 Å². The van der Waals surface area contributed by atoms with Crippen LogP contribution in [-0.4, -0.2) is 24.5 Å². The maximum atomic E-state index is 12.1. The van der Waals surface area contributed by atoms with Crippen LogP contribution in [0.5, 0.6) is 0 Å². The van der Waals surface area contributed by atoms with Crippen LogP contribution in [0.1, 0.15) is 12.1 Å². The summed E-state index contributed by atoms with van der Waals surface area (Å²) in [5, 5.41) is 15.6. The average Bonchev–Trinajstić information content (AvgIpc) is 3.09. The maximum Gasteiger partial charge on any atom is 0.238 e. The molecule has 27 heavy (non-hydrogen) atoms. The van der Waals surface area contributed by atoms with Crippen molar-refractivity contribution in [3.8, 4) is 11.3 Å². The minimum atomic E-state index is -3.75. The van der Waals surface area contributed by atoms with Crippen LogP contribution in [0.25, 0.3) is 11.3 Å². The Balaban J connectivity index is 1.56. The lowest BCUT2D eigenvalue weighted by molar-refractivity contribution is -0.116. The topological polar surface area (TPSA) is 118 Å². The molecule has 0 spiro atoms. The second kappa shape index (κ2) is 7.91. The molecule has 0 atom stereocenters. The summed E-state index contributed by atoms with van der Waals surface area (Å²) in [6.07, 6.45) is 0.737. The largest absolute Gasteiger partial charge is 0.326 e. The highest BCUT2D eigenvalue weighted by molar-refractivity contribution is 7.89. The molecule has 3 rings (SSSR count). The summed E-state index contributed by atoms with van der Waals surface area (Å²) in [5.41, 5.74) is 3.04. The second-order valence-corrected chi connectivity index (χ2v) is 7.90. The van der Waals surface area contributed by atoms with Crippen LogP contribution in [0.2, 0.25) is 5.02 Å². The number of nitrogens with one attached hydrogen (secondary N) is 2. The molecule has 3 aromatic rings. The fourth-order valence-corrected chi connectivity index (χ4v) is 3.10. The number of H-pyrrole nitrogens is 1. The molecule has 0 saturated heterocycles. The minimum Gasteiger partial charge on any atom is -0.326 e.